The second-order valence-electron chi connectivity index (χ2n) is 16.0. The van der Waals surface area contributed by atoms with Gasteiger partial charge in [0.25, 0.3) is 0 Å². The number of thiophene rings is 2. The Morgan fingerprint density at radius 2 is 0.905 bits per heavy atom. The minimum atomic E-state index is 0.721. The Labute approximate surface area is 371 Å². The summed E-state index contributed by atoms with van der Waals surface area (Å²) < 4.78 is 7.44. The molecule has 0 spiro atoms. The quantitative estimate of drug-likeness (QED) is 0.167. The average molecular weight is 838 g/mol. The number of hydrogen-bond donors (Lipinski definition) is 0. The summed E-state index contributed by atoms with van der Waals surface area (Å²) in [7, 11) is 0. The lowest BCUT2D eigenvalue weighted by Gasteiger charge is -2.21. The van der Waals surface area contributed by atoms with Crippen molar-refractivity contribution in [3.8, 4) is 61.7 Å². The van der Waals surface area contributed by atoms with E-state index in [0.29, 0.717) is 0 Å². The summed E-state index contributed by atoms with van der Waals surface area (Å²) in [6, 6.07) is 76.7. The first-order valence-corrected chi connectivity index (χ1v) is 22.9. The van der Waals surface area contributed by atoms with Crippen molar-refractivity contribution in [3.63, 3.8) is 0 Å². The third-order valence-corrected chi connectivity index (χ3v) is 14.9. The highest BCUT2D eigenvalue weighted by molar-refractivity contribution is 7.27. The molecule has 0 N–H and O–H groups in total. The molecule has 0 bridgehead atoms. The maximum Gasteiger partial charge on any atom is 0.160 e. The van der Waals surface area contributed by atoms with Gasteiger partial charge in [-0.1, -0.05) is 182 Å². The number of para-hydroxylation sites is 1. The Balaban J connectivity index is 1.16. The van der Waals surface area contributed by atoms with Gasteiger partial charge in [0.2, 0.25) is 0 Å². The zero-order valence-electron chi connectivity index (χ0n) is 33.9. The molecule has 294 valence electrons. The van der Waals surface area contributed by atoms with E-state index in [1.165, 1.54) is 57.8 Å². The Morgan fingerprint density at radius 3 is 1.59 bits per heavy atom. The molecule has 0 aliphatic carbocycles. The zero-order valence-corrected chi connectivity index (χ0v) is 35.5. The van der Waals surface area contributed by atoms with Crippen molar-refractivity contribution < 1.29 is 0 Å². The van der Waals surface area contributed by atoms with Gasteiger partial charge in [0.05, 0.1) is 32.6 Å². The maximum absolute atomic E-state index is 5.48. The van der Waals surface area contributed by atoms with Gasteiger partial charge in [0.15, 0.2) is 5.82 Å². The molecule has 13 aromatic rings. The van der Waals surface area contributed by atoms with E-state index in [2.05, 4.69) is 211 Å². The minimum absolute atomic E-state index is 0.721. The van der Waals surface area contributed by atoms with Crippen LogP contribution in [0.1, 0.15) is 0 Å². The summed E-state index contributed by atoms with van der Waals surface area (Å²) in [6.07, 6.45) is 0. The molecule has 5 heteroatoms. The molecule has 0 atom stereocenters. The van der Waals surface area contributed by atoms with Crippen LogP contribution in [0.3, 0.4) is 0 Å². The van der Waals surface area contributed by atoms with Crippen LogP contribution in [0.15, 0.2) is 212 Å². The molecule has 4 aromatic heterocycles. The standard InChI is InChI=1S/C58H35N3S2/c1-5-18-36(19-6-1)41-28-17-29-42-43-32-33-49-51(56(43)63-55(41)42)44-26-13-15-30-48(44)61(49)54-46(37-20-7-2-8-21-37)34-40(35-47(54)38-22-9-3-10-23-38)52-57-53(45-27-14-16-31-50(45)62-57)60-58(59-52)39-24-11-4-12-25-39/h1-35H. The largest absolute Gasteiger partial charge is 0.308 e. The molecule has 3 nitrogen and oxygen atoms in total. The van der Waals surface area contributed by atoms with E-state index < -0.39 is 0 Å². The van der Waals surface area contributed by atoms with E-state index in [9.17, 15) is 0 Å². The van der Waals surface area contributed by atoms with Crippen LogP contribution in [0.2, 0.25) is 0 Å². The molecular formula is C58H35N3S2. The van der Waals surface area contributed by atoms with Gasteiger partial charge in [-0.25, -0.2) is 9.97 Å². The van der Waals surface area contributed by atoms with Crippen LogP contribution in [-0.2, 0) is 0 Å². The third kappa shape index (κ3) is 5.71. The van der Waals surface area contributed by atoms with Gasteiger partial charge in [0.1, 0.15) is 0 Å². The van der Waals surface area contributed by atoms with Crippen LogP contribution >= 0.6 is 22.7 Å². The Hall–Kier alpha value is -7.70. The lowest BCUT2D eigenvalue weighted by molar-refractivity contribution is 1.18. The highest BCUT2D eigenvalue weighted by atomic mass is 32.1. The number of fused-ring (bicyclic) bond motifs is 10. The van der Waals surface area contributed by atoms with E-state index in [0.717, 1.165) is 66.2 Å². The van der Waals surface area contributed by atoms with Crippen LogP contribution in [0, 0.1) is 0 Å². The lowest BCUT2D eigenvalue weighted by Crippen LogP contribution is -2.02. The maximum atomic E-state index is 5.48. The van der Waals surface area contributed by atoms with Crippen LogP contribution in [0.4, 0.5) is 0 Å². The first-order chi connectivity index (χ1) is 31.3. The fourth-order valence-electron chi connectivity index (χ4n) is 9.58. The van der Waals surface area contributed by atoms with E-state index in [1.807, 2.05) is 17.4 Å². The van der Waals surface area contributed by atoms with Crippen LogP contribution in [-0.4, -0.2) is 14.5 Å². The van der Waals surface area contributed by atoms with Crippen molar-refractivity contribution in [1.29, 1.82) is 0 Å². The molecule has 0 fully saturated rings. The normalized spacial score (nSPS) is 11.8. The van der Waals surface area contributed by atoms with E-state index in [4.69, 9.17) is 9.97 Å². The Morgan fingerprint density at radius 1 is 0.349 bits per heavy atom. The van der Waals surface area contributed by atoms with Gasteiger partial charge in [-0.05, 0) is 52.6 Å². The van der Waals surface area contributed by atoms with Crippen molar-refractivity contribution >= 4 is 85.0 Å². The minimum Gasteiger partial charge on any atom is -0.308 e. The van der Waals surface area contributed by atoms with Gasteiger partial charge >= 0.3 is 0 Å². The number of rotatable bonds is 6. The van der Waals surface area contributed by atoms with Gasteiger partial charge in [-0.15, -0.1) is 22.7 Å². The van der Waals surface area contributed by atoms with Crippen LogP contribution in [0.5, 0.6) is 0 Å². The molecule has 63 heavy (non-hydrogen) atoms. The van der Waals surface area contributed by atoms with Crippen LogP contribution in [0.25, 0.3) is 124 Å². The third-order valence-electron chi connectivity index (χ3n) is 12.4. The lowest BCUT2D eigenvalue weighted by atomic mass is 9.91. The van der Waals surface area contributed by atoms with Gasteiger partial charge < -0.3 is 4.57 Å². The van der Waals surface area contributed by atoms with Crippen molar-refractivity contribution in [3.05, 3.63) is 212 Å². The number of nitrogens with zero attached hydrogens (tertiary/aromatic N) is 3. The van der Waals surface area contributed by atoms with E-state index in [1.54, 1.807) is 11.3 Å². The van der Waals surface area contributed by atoms with Crippen molar-refractivity contribution in [2.45, 2.75) is 0 Å². The van der Waals surface area contributed by atoms with Crippen LogP contribution < -0.4 is 0 Å². The zero-order chi connectivity index (χ0) is 41.4. The number of benzene rings is 9. The second kappa shape index (κ2) is 14.5. The molecule has 0 saturated carbocycles. The number of aromatic nitrogens is 3. The fraction of sp³-hybridized carbons (Fsp3) is 0. The average Bonchev–Trinajstić information content (AvgIpc) is 4.04. The van der Waals surface area contributed by atoms with E-state index >= 15 is 0 Å². The summed E-state index contributed by atoms with van der Waals surface area (Å²) >= 11 is 3.68. The smallest absolute Gasteiger partial charge is 0.160 e. The Bertz CT molecular complexity index is 3830. The van der Waals surface area contributed by atoms with Crippen molar-refractivity contribution in [1.82, 2.24) is 14.5 Å². The first kappa shape index (κ1) is 36.0. The highest BCUT2D eigenvalue weighted by Gasteiger charge is 2.25. The monoisotopic (exact) mass is 837 g/mol. The van der Waals surface area contributed by atoms with Gasteiger partial charge in [-0.3, -0.25) is 0 Å². The second-order valence-corrected chi connectivity index (χ2v) is 18.1. The molecule has 0 amide bonds. The highest BCUT2D eigenvalue weighted by Crippen LogP contribution is 2.49. The summed E-state index contributed by atoms with van der Waals surface area (Å²) in [5.74, 6) is 0.721. The molecule has 0 aliphatic heterocycles. The van der Waals surface area contributed by atoms with Crippen molar-refractivity contribution in [2.75, 3.05) is 0 Å². The predicted octanol–water partition coefficient (Wildman–Crippen LogP) is 16.6. The molecule has 0 unspecified atom stereocenters. The van der Waals surface area contributed by atoms with Gasteiger partial charge in [-0.2, -0.15) is 0 Å². The predicted molar refractivity (Wildman–Crippen MR) is 269 cm³/mol. The molecule has 0 radical (unpaired) electrons. The fourth-order valence-corrected chi connectivity index (χ4v) is 12.1. The summed E-state index contributed by atoms with van der Waals surface area (Å²) in [6.45, 7) is 0. The topological polar surface area (TPSA) is 30.7 Å². The molecule has 4 heterocycles. The molecule has 9 aromatic carbocycles. The molecular weight excluding hydrogens is 803 g/mol. The first-order valence-electron chi connectivity index (χ1n) is 21.2. The summed E-state index contributed by atoms with van der Waals surface area (Å²) in [5.41, 5.74) is 14.5. The summed E-state index contributed by atoms with van der Waals surface area (Å²) in [5, 5.41) is 6.25. The molecule has 0 saturated heterocycles. The SMILES string of the molecule is c1ccc(-c2nc(-c3cc(-c4ccccc4)c(-n4c5ccccc5c5c6sc7c(-c8ccccc8)cccc7c6ccc54)c(-c4ccccc4)c3)c3sc4ccccc4c3n2)cc1. The molecule has 13 rings (SSSR count). The van der Waals surface area contributed by atoms with E-state index in [-0.39, 0.29) is 0 Å². The summed E-state index contributed by atoms with van der Waals surface area (Å²) in [4.78, 5) is 10.7. The number of hydrogen-bond acceptors (Lipinski definition) is 4. The van der Waals surface area contributed by atoms with Crippen molar-refractivity contribution in [2.24, 2.45) is 0 Å². The Kier molecular flexibility index (Phi) is 8.26. The molecule has 0 aliphatic rings. The van der Waals surface area contributed by atoms with Gasteiger partial charge in [0, 0.05) is 63.3 Å².